The van der Waals surface area contributed by atoms with Crippen LogP contribution in [0.15, 0.2) is 30.5 Å². The molecule has 3 rings (SSSR count). The van der Waals surface area contributed by atoms with Crippen LogP contribution >= 0.6 is 0 Å². The van der Waals surface area contributed by atoms with Crippen LogP contribution in [0.4, 0.5) is 4.39 Å². The minimum absolute atomic E-state index is 0.109. The van der Waals surface area contributed by atoms with Crippen molar-refractivity contribution in [2.75, 3.05) is 26.2 Å². The van der Waals surface area contributed by atoms with Crippen molar-refractivity contribution in [2.45, 2.75) is 40.0 Å². The van der Waals surface area contributed by atoms with Crippen LogP contribution in [0.1, 0.15) is 30.7 Å². The maximum Gasteiger partial charge on any atom is 0.236 e. The zero-order valence-electron chi connectivity index (χ0n) is 17.8. The first kappa shape index (κ1) is 21.5. The number of carbonyl (C=O) groups is 1. The molecule has 158 valence electrons. The van der Waals surface area contributed by atoms with Crippen molar-refractivity contribution in [1.82, 2.24) is 19.6 Å². The third-order valence-electron chi connectivity index (χ3n) is 5.35. The number of aryl methyl sites for hydroxylation is 1. The summed E-state index contributed by atoms with van der Waals surface area (Å²) in [5.41, 5.74) is 2.73. The van der Waals surface area contributed by atoms with Crippen LogP contribution < -0.4 is 0 Å². The second kappa shape index (κ2) is 9.50. The number of benzene rings is 1. The number of hydrogen-bond donors (Lipinski definition) is 0. The summed E-state index contributed by atoms with van der Waals surface area (Å²) in [5.74, 6) is 0.217. The number of hydrogen-bond acceptors (Lipinski definition) is 4. The fourth-order valence-corrected chi connectivity index (χ4v) is 3.66. The Morgan fingerprint density at radius 1 is 1.24 bits per heavy atom. The third kappa shape index (κ3) is 5.64. The molecule has 0 N–H and O–H groups in total. The van der Waals surface area contributed by atoms with Gasteiger partial charge in [0.2, 0.25) is 5.91 Å². The van der Waals surface area contributed by atoms with Gasteiger partial charge in [-0.1, -0.05) is 32.0 Å². The van der Waals surface area contributed by atoms with Crippen LogP contribution in [-0.2, 0) is 29.7 Å². The molecule has 1 aromatic carbocycles. The van der Waals surface area contributed by atoms with Crippen LogP contribution in [0.25, 0.3) is 0 Å². The first-order chi connectivity index (χ1) is 13.8. The average molecular weight is 403 g/mol. The molecule has 7 heteroatoms. The van der Waals surface area contributed by atoms with Crippen LogP contribution in [0, 0.1) is 18.7 Å². The van der Waals surface area contributed by atoms with E-state index in [0.29, 0.717) is 44.2 Å². The fourth-order valence-electron chi connectivity index (χ4n) is 3.66. The van der Waals surface area contributed by atoms with E-state index in [0.717, 1.165) is 11.3 Å². The molecule has 1 atom stereocenters. The molecule has 2 aromatic rings. The second-order valence-corrected chi connectivity index (χ2v) is 8.27. The van der Waals surface area contributed by atoms with E-state index in [1.54, 1.807) is 18.2 Å². The normalized spacial score (nSPS) is 18.5. The number of carbonyl (C=O) groups excluding carboxylic acids is 1. The minimum Gasteiger partial charge on any atom is -0.370 e. The number of aromatic nitrogens is 2. The van der Waals surface area contributed by atoms with Gasteiger partial charge in [0.15, 0.2) is 0 Å². The zero-order chi connectivity index (χ0) is 21.0. The van der Waals surface area contributed by atoms with Gasteiger partial charge in [-0.05, 0) is 18.9 Å². The smallest absolute Gasteiger partial charge is 0.236 e. The number of nitrogens with zero attached hydrogens (tertiary/aromatic N) is 4. The van der Waals surface area contributed by atoms with Crippen molar-refractivity contribution in [1.29, 1.82) is 0 Å². The number of rotatable bonds is 7. The molecule has 0 spiro atoms. The van der Waals surface area contributed by atoms with E-state index in [-0.39, 0.29) is 24.4 Å². The molecule has 1 unspecified atom stereocenters. The third-order valence-corrected chi connectivity index (χ3v) is 5.35. The molecule has 29 heavy (non-hydrogen) atoms. The molecule has 2 heterocycles. The lowest BCUT2D eigenvalue weighted by molar-refractivity contribution is -0.132. The highest BCUT2D eigenvalue weighted by Gasteiger charge is 2.29. The maximum atomic E-state index is 14.0. The van der Waals surface area contributed by atoms with Gasteiger partial charge < -0.3 is 9.64 Å². The van der Waals surface area contributed by atoms with Gasteiger partial charge in [-0.25, -0.2) is 4.39 Å². The topological polar surface area (TPSA) is 50.6 Å². The highest BCUT2D eigenvalue weighted by Crippen LogP contribution is 2.17. The zero-order valence-corrected chi connectivity index (χ0v) is 17.8. The Morgan fingerprint density at radius 3 is 2.66 bits per heavy atom. The molecule has 0 saturated carbocycles. The van der Waals surface area contributed by atoms with E-state index in [9.17, 15) is 9.18 Å². The summed E-state index contributed by atoms with van der Waals surface area (Å²) >= 11 is 0. The molecule has 1 aromatic heterocycles. The molecular formula is C22H31FN4O2. The highest BCUT2D eigenvalue weighted by atomic mass is 19.1. The van der Waals surface area contributed by atoms with E-state index in [1.165, 1.54) is 6.07 Å². The largest absolute Gasteiger partial charge is 0.370 e. The van der Waals surface area contributed by atoms with Gasteiger partial charge in [0, 0.05) is 50.0 Å². The van der Waals surface area contributed by atoms with Crippen molar-refractivity contribution in [3.05, 3.63) is 53.1 Å². The van der Waals surface area contributed by atoms with E-state index in [4.69, 9.17) is 4.74 Å². The molecule has 1 aliphatic heterocycles. The second-order valence-electron chi connectivity index (χ2n) is 8.27. The van der Waals surface area contributed by atoms with Gasteiger partial charge in [0.1, 0.15) is 5.82 Å². The van der Waals surface area contributed by atoms with E-state index >= 15 is 0 Å². The van der Waals surface area contributed by atoms with Gasteiger partial charge in [-0.3, -0.25) is 14.4 Å². The van der Waals surface area contributed by atoms with Gasteiger partial charge in [0.25, 0.3) is 0 Å². The Labute approximate surface area is 172 Å². The Hall–Kier alpha value is -2.25. The van der Waals surface area contributed by atoms with E-state index in [2.05, 4.69) is 23.8 Å². The predicted octanol–water partition coefficient (Wildman–Crippen LogP) is 2.75. The van der Waals surface area contributed by atoms with Gasteiger partial charge in [-0.15, -0.1) is 0 Å². The van der Waals surface area contributed by atoms with E-state index in [1.807, 2.05) is 29.7 Å². The Balaban J connectivity index is 1.73. The predicted molar refractivity (Wildman–Crippen MR) is 110 cm³/mol. The van der Waals surface area contributed by atoms with Gasteiger partial charge >= 0.3 is 0 Å². The lowest BCUT2D eigenvalue weighted by Crippen LogP contribution is -2.40. The fraction of sp³-hybridized carbons (Fsp3) is 0.545. The van der Waals surface area contributed by atoms with Crippen LogP contribution in [0.3, 0.4) is 0 Å². The first-order valence-corrected chi connectivity index (χ1v) is 10.2. The van der Waals surface area contributed by atoms with Crippen molar-refractivity contribution in [3.63, 3.8) is 0 Å². The highest BCUT2D eigenvalue weighted by molar-refractivity contribution is 5.78. The lowest BCUT2D eigenvalue weighted by Gasteiger charge is -2.26. The van der Waals surface area contributed by atoms with Crippen LogP contribution in [0.2, 0.25) is 0 Å². The summed E-state index contributed by atoms with van der Waals surface area (Å²) in [4.78, 5) is 16.9. The summed E-state index contributed by atoms with van der Waals surface area (Å²) in [7, 11) is 1.91. The molecule has 1 amide bonds. The van der Waals surface area contributed by atoms with Crippen molar-refractivity contribution in [2.24, 2.45) is 13.0 Å². The van der Waals surface area contributed by atoms with Gasteiger partial charge in [-0.2, -0.15) is 5.10 Å². The molecule has 0 aliphatic carbocycles. The molecular weight excluding hydrogens is 371 g/mol. The molecule has 1 aliphatic rings. The molecule has 6 nitrogen and oxygen atoms in total. The van der Waals surface area contributed by atoms with Crippen LogP contribution in [0.5, 0.6) is 0 Å². The summed E-state index contributed by atoms with van der Waals surface area (Å²) in [6.45, 7) is 9.24. The van der Waals surface area contributed by atoms with Crippen molar-refractivity contribution >= 4 is 5.91 Å². The monoisotopic (exact) mass is 402 g/mol. The number of ether oxygens (including phenoxy) is 1. The Bertz CT molecular complexity index is 836. The quantitative estimate of drug-likeness (QED) is 0.715. The van der Waals surface area contributed by atoms with Gasteiger partial charge in [0.05, 0.1) is 25.5 Å². The van der Waals surface area contributed by atoms with Crippen LogP contribution in [-0.4, -0.2) is 57.8 Å². The molecule has 0 bridgehead atoms. The average Bonchev–Trinajstić information content (AvgIpc) is 2.89. The number of halogens is 1. The maximum absolute atomic E-state index is 14.0. The Morgan fingerprint density at radius 2 is 2.00 bits per heavy atom. The number of amides is 1. The van der Waals surface area contributed by atoms with E-state index < -0.39 is 0 Å². The van der Waals surface area contributed by atoms with Crippen molar-refractivity contribution < 1.29 is 13.9 Å². The summed E-state index contributed by atoms with van der Waals surface area (Å²) in [6.07, 6.45) is 1.67. The Kier molecular flexibility index (Phi) is 7.03. The summed E-state index contributed by atoms with van der Waals surface area (Å²) in [5, 5.41) is 4.30. The first-order valence-electron chi connectivity index (χ1n) is 10.2. The molecule has 1 saturated heterocycles. The van der Waals surface area contributed by atoms with Crippen molar-refractivity contribution in [3.8, 4) is 0 Å². The molecule has 1 fully saturated rings. The molecule has 0 radical (unpaired) electrons. The lowest BCUT2D eigenvalue weighted by atomic mass is 10.2. The minimum atomic E-state index is -0.265. The standard InChI is InChI=1S/C22H31FN4O2/c1-16(2)10-27-13-20(29-15-18-7-5-6-8-21(18)23)12-26(14-22(27)28)11-19-9-24-25(4)17(19)3/h5-9,16,20H,10-15H2,1-4H3. The SMILES string of the molecule is Cc1c(CN2CC(=O)N(CC(C)C)CC(OCc3ccccc3F)C2)cnn1C. The summed E-state index contributed by atoms with van der Waals surface area (Å²) < 4.78 is 21.9. The summed E-state index contributed by atoms with van der Waals surface area (Å²) in [6, 6.07) is 6.66.